The fourth-order valence-electron chi connectivity index (χ4n) is 2.05. The number of aromatic nitrogens is 4. The number of nitrogens with one attached hydrogen (secondary N) is 1. The van der Waals surface area contributed by atoms with Gasteiger partial charge in [-0.3, -0.25) is 9.59 Å². The Morgan fingerprint density at radius 3 is 3.14 bits per heavy atom. The Bertz CT molecular complexity index is 635. The molecule has 1 saturated heterocycles. The molecule has 0 bridgehead atoms. The third-order valence-electron chi connectivity index (χ3n) is 3.14. The molecule has 2 amide bonds. The summed E-state index contributed by atoms with van der Waals surface area (Å²) in [5, 5.41) is 14.5. The lowest BCUT2D eigenvalue weighted by Gasteiger charge is -2.18. The SMILES string of the molecule is O=C1CCN(C(=O)Cn2nnc(-c3ccco3)n2)CCN1. The van der Waals surface area contributed by atoms with Crippen molar-refractivity contribution in [1.29, 1.82) is 0 Å². The van der Waals surface area contributed by atoms with Crippen LogP contribution in [-0.2, 0) is 16.1 Å². The second-order valence-corrected chi connectivity index (χ2v) is 4.60. The summed E-state index contributed by atoms with van der Waals surface area (Å²) in [5.74, 6) is 0.651. The highest BCUT2D eigenvalue weighted by atomic mass is 16.3. The summed E-state index contributed by atoms with van der Waals surface area (Å²) in [5.41, 5.74) is 0. The lowest BCUT2D eigenvalue weighted by atomic mass is 10.3. The normalized spacial score (nSPS) is 15.6. The zero-order valence-corrected chi connectivity index (χ0v) is 11.2. The number of carbonyl (C=O) groups is 2. The smallest absolute Gasteiger partial charge is 0.246 e. The first-order valence-electron chi connectivity index (χ1n) is 6.58. The molecule has 110 valence electrons. The van der Waals surface area contributed by atoms with Crippen molar-refractivity contribution in [3.05, 3.63) is 18.4 Å². The van der Waals surface area contributed by atoms with Crippen LogP contribution in [0.2, 0.25) is 0 Å². The monoisotopic (exact) mass is 290 g/mol. The van der Waals surface area contributed by atoms with E-state index in [0.717, 1.165) is 0 Å². The summed E-state index contributed by atoms with van der Waals surface area (Å²) >= 11 is 0. The fourth-order valence-corrected chi connectivity index (χ4v) is 2.05. The van der Waals surface area contributed by atoms with E-state index in [1.54, 1.807) is 17.0 Å². The van der Waals surface area contributed by atoms with Gasteiger partial charge in [0.25, 0.3) is 0 Å². The second kappa shape index (κ2) is 5.73. The van der Waals surface area contributed by atoms with E-state index in [1.165, 1.54) is 11.1 Å². The molecule has 0 spiro atoms. The van der Waals surface area contributed by atoms with Crippen LogP contribution in [0.25, 0.3) is 11.6 Å². The van der Waals surface area contributed by atoms with Crippen molar-refractivity contribution in [2.24, 2.45) is 0 Å². The van der Waals surface area contributed by atoms with Crippen LogP contribution in [0, 0.1) is 0 Å². The number of amides is 2. The van der Waals surface area contributed by atoms with Crippen molar-refractivity contribution in [3.63, 3.8) is 0 Å². The Labute approximate surface area is 119 Å². The highest BCUT2D eigenvalue weighted by Gasteiger charge is 2.20. The maximum atomic E-state index is 12.2. The molecule has 1 aliphatic heterocycles. The van der Waals surface area contributed by atoms with Crippen LogP contribution in [-0.4, -0.2) is 56.6 Å². The molecule has 9 nitrogen and oxygen atoms in total. The summed E-state index contributed by atoms with van der Waals surface area (Å²) in [4.78, 5) is 26.2. The number of furan rings is 1. The number of tetrazole rings is 1. The van der Waals surface area contributed by atoms with Gasteiger partial charge in [-0.15, -0.1) is 10.2 Å². The van der Waals surface area contributed by atoms with Gasteiger partial charge >= 0.3 is 0 Å². The molecule has 2 aromatic rings. The summed E-state index contributed by atoms with van der Waals surface area (Å²) < 4.78 is 5.16. The first kappa shape index (κ1) is 13.3. The Morgan fingerprint density at radius 1 is 1.43 bits per heavy atom. The van der Waals surface area contributed by atoms with Gasteiger partial charge in [-0.1, -0.05) is 0 Å². The van der Waals surface area contributed by atoms with E-state index < -0.39 is 0 Å². The first-order chi connectivity index (χ1) is 10.2. The molecule has 2 aromatic heterocycles. The van der Waals surface area contributed by atoms with Gasteiger partial charge in [-0.2, -0.15) is 4.80 Å². The zero-order chi connectivity index (χ0) is 14.7. The minimum Gasteiger partial charge on any atom is -0.461 e. The van der Waals surface area contributed by atoms with E-state index in [-0.39, 0.29) is 18.4 Å². The summed E-state index contributed by atoms with van der Waals surface area (Å²) in [7, 11) is 0. The Hall–Kier alpha value is -2.71. The number of hydrogen-bond donors (Lipinski definition) is 1. The second-order valence-electron chi connectivity index (χ2n) is 4.60. The fraction of sp³-hybridized carbons (Fsp3) is 0.417. The van der Waals surface area contributed by atoms with Gasteiger partial charge in [0.15, 0.2) is 5.76 Å². The van der Waals surface area contributed by atoms with E-state index in [4.69, 9.17) is 4.42 Å². The highest BCUT2D eigenvalue weighted by Crippen LogP contribution is 2.12. The predicted octanol–water partition coefficient (Wildman–Crippen LogP) is -0.718. The molecule has 0 aromatic carbocycles. The van der Waals surface area contributed by atoms with Crippen molar-refractivity contribution in [1.82, 2.24) is 30.4 Å². The van der Waals surface area contributed by atoms with Crippen LogP contribution in [0.4, 0.5) is 0 Å². The molecule has 1 N–H and O–H groups in total. The number of carbonyl (C=O) groups excluding carboxylic acids is 2. The molecule has 1 fully saturated rings. The average molecular weight is 290 g/mol. The highest BCUT2D eigenvalue weighted by molar-refractivity contribution is 5.79. The molecule has 9 heteroatoms. The number of hydrogen-bond acceptors (Lipinski definition) is 6. The minimum atomic E-state index is -0.144. The molecular formula is C12H14N6O3. The topological polar surface area (TPSA) is 106 Å². The largest absolute Gasteiger partial charge is 0.461 e. The molecule has 3 heterocycles. The summed E-state index contributed by atoms with van der Waals surface area (Å²) in [6.07, 6.45) is 1.83. The van der Waals surface area contributed by atoms with Gasteiger partial charge in [0.1, 0.15) is 6.54 Å². The first-order valence-corrected chi connectivity index (χ1v) is 6.58. The molecule has 0 radical (unpaired) electrons. The van der Waals surface area contributed by atoms with E-state index in [2.05, 4.69) is 20.7 Å². The molecule has 21 heavy (non-hydrogen) atoms. The molecular weight excluding hydrogens is 276 g/mol. The quantitative estimate of drug-likeness (QED) is 0.799. The van der Waals surface area contributed by atoms with Crippen LogP contribution in [0.15, 0.2) is 22.8 Å². The third kappa shape index (κ3) is 3.07. The van der Waals surface area contributed by atoms with E-state index >= 15 is 0 Å². The molecule has 0 saturated carbocycles. The molecule has 1 aliphatic rings. The lowest BCUT2D eigenvalue weighted by Crippen LogP contribution is -2.37. The Morgan fingerprint density at radius 2 is 2.33 bits per heavy atom. The van der Waals surface area contributed by atoms with Gasteiger partial charge in [-0.25, -0.2) is 0 Å². The van der Waals surface area contributed by atoms with Crippen LogP contribution < -0.4 is 5.32 Å². The van der Waals surface area contributed by atoms with Crippen LogP contribution >= 0.6 is 0 Å². The number of nitrogens with zero attached hydrogens (tertiary/aromatic N) is 5. The predicted molar refractivity (Wildman–Crippen MR) is 69.7 cm³/mol. The van der Waals surface area contributed by atoms with E-state index in [1.807, 2.05) is 0 Å². The van der Waals surface area contributed by atoms with Gasteiger partial charge in [0, 0.05) is 26.1 Å². The van der Waals surface area contributed by atoms with Crippen molar-refractivity contribution >= 4 is 11.8 Å². The standard InChI is InChI=1S/C12H14N6O3/c19-10-3-5-17(6-4-13-10)11(20)8-18-15-12(14-16-18)9-2-1-7-21-9/h1-2,7H,3-6,8H2,(H,13,19). The van der Waals surface area contributed by atoms with Gasteiger partial charge in [0.05, 0.1) is 6.26 Å². The minimum absolute atomic E-state index is 0.0120. The van der Waals surface area contributed by atoms with Gasteiger partial charge < -0.3 is 14.6 Å². The van der Waals surface area contributed by atoms with E-state index in [0.29, 0.717) is 37.6 Å². The van der Waals surface area contributed by atoms with Crippen molar-refractivity contribution in [2.75, 3.05) is 19.6 Å². The maximum absolute atomic E-state index is 12.2. The number of rotatable bonds is 3. The van der Waals surface area contributed by atoms with Crippen molar-refractivity contribution in [2.45, 2.75) is 13.0 Å². The third-order valence-corrected chi connectivity index (χ3v) is 3.14. The summed E-state index contributed by atoms with van der Waals surface area (Å²) in [6, 6.07) is 3.44. The Kier molecular flexibility index (Phi) is 3.63. The molecule has 0 atom stereocenters. The zero-order valence-electron chi connectivity index (χ0n) is 11.2. The average Bonchev–Trinajstić information content (AvgIpc) is 3.09. The van der Waals surface area contributed by atoms with Crippen molar-refractivity contribution in [3.8, 4) is 11.6 Å². The van der Waals surface area contributed by atoms with Crippen LogP contribution in [0.1, 0.15) is 6.42 Å². The van der Waals surface area contributed by atoms with Crippen molar-refractivity contribution < 1.29 is 14.0 Å². The summed E-state index contributed by atoms with van der Waals surface area (Å²) in [6.45, 7) is 1.35. The Balaban J connectivity index is 1.63. The maximum Gasteiger partial charge on any atom is 0.246 e. The van der Waals surface area contributed by atoms with Gasteiger partial charge in [-0.05, 0) is 17.3 Å². The van der Waals surface area contributed by atoms with E-state index in [9.17, 15) is 9.59 Å². The molecule has 0 aliphatic carbocycles. The van der Waals surface area contributed by atoms with Crippen LogP contribution in [0.5, 0.6) is 0 Å². The van der Waals surface area contributed by atoms with Crippen LogP contribution in [0.3, 0.4) is 0 Å². The molecule has 0 unspecified atom stereocenters. The lowest BCUT2D eigenvalue weighted by molar-refractivity contribution is -0.132. The van der Waals surface area contributed by atoms with Gasteiger partial charge in [0.2, 0.25) is 17.6 Å². The molecule has 3 rings (SSSR count).